The number of carbonyl (C=O) groups is 1. The summed E-state index contributed by atoms with van der Waals surface area (Å²) in [4.78, 5) is 24.1. The molecule has 0 fully saturated rings. The van der Waals surface area contributed by atoms with Gasteiger partial charge in [-0.2, -0.15) is 0 Å². The topological polar surface area (TPSA) is 54.9 Å². The number of carbonyl (C=O) groups excluding carboxylic acids is 1. The summed E-state index contributed by atoms with van der Waals surface area (Å²) in [6.45, 7) is 3.80. The minimum Gasteiger partial charge on any atom is -0.349 e. The van der Waals surface area contributed by atoms with Gasteiger partial charge in [0.15, 0.2) is 0 Å². The molecule has 0 unspecified atom stereocenters. The van der Waals surface area contributed by atoms with E-state index >= 15 is 0 Å². The summed E-state index contributed by atoms with van der Waals surface area (Å²) in [6, 6.07) is 6.03. The standard InChI is InChI=1S/C21H22FN3OS2/c1-12(14-7-9-15(22)10-8-14)25-19(26)13(2)27-20-18-16-5-3-4-6-17(16)28-21(18)24-11-23-20/h7-13H,3-6H2,1-2H3,(H,25,26)/t12-,13-/m0/s1. The van der Waals surface area contributed by atoms with Gasteiger partial charge in [-0.3, -0.25) is 4.79 Å². The van der Waals surface area contributed by atoms with E-state index in [0.29, 0.717) is 0 Å². The number of nitrogens with one attached hydrogen (secondary N) is 1. The maximum atomic E-state index is 13.1. The van der Waals surface area contributed by atoms with Gasteiger partial charge in [0.05, 0.1) is 11.3 Å². The lowest BCUT2D eigenvalue weighted by Crippen LogP contribution is -2.33. The molecule has 1 aliphatic carbocycles. The minimum absolute atomic E-state index is 0.0577. The van der Waals surface area contributed by atoms with E-state index in [0.717, 1.165) is 33.6 Å². The van der Waals surface area contributed by atoms with Gasteiger partial charge < -0.3 is 5.32 Å². The number of amides is 1. The zero-order valence-electron chi connectivity index (χ0n) is 15.9. The third-order valence-electron chi connectivity index (χ3n) is 5.10. The summed E-state index contributed by atoms with van der Waals surface area (Å²) in [5.41, 5.74) is 2.25. The van der Waals surface area contributed by atoms with Crippen LogP contribution in [-0.2, 0) is 17.6 Å². The van der Waals surface area contributed by atoms with Gasteiger partial charge in [-0.15, -0.1) is 11.3 Å². The van der Waals surface area contributed by atoms with Crippen LogP contribution in [0.15, 0.2) is 35.6 Å². The molecule has 1 aliphatic rings. The van der Waals surface area contributed by atoms with Crippen molar-refractivity contribution in [2.75, 3.05) is 0 Å². The molecule has 1 N–H and O–H groups in total. The number of benzene rings is 1. The van der Waals surface area contributed by atoms with Gasteiger partial charge in [0.2, 0.25) is 5.91 Å². The molecule has 4 nitrogen and oxygen atoms in total. The van der Waals surface area contributed by atoms with Gasteiger partial charge in [0, 0.05) is 10.3 Å². The molecule has 2 aromatic heterocycles. The first kappa shape index (κ1) is 19.3. The SMILES string of the molecule is C[C@H](Sc1ncnc2sc3c(c12)CCCC3)C(=O)N[C@@H](C)c1ccc(F)cc1. The molecule has 0 spiro atoms. The maximum absolute atomic E-state index is 13.1. The number of rotatable bonds is 5. The minimum atomic E-state index is -0.292. The van der Waals surface area contributed by atoms with Crippen LogP contribution in [0.4, 0.5) is 4.39 Å². The van der Waals surface area contributed by atoms with E-state index < -0.39 is 0 Å². The van der Waals surface area contributed by atoms with Gasteiger partial charge >= 0.3 is 0 Å². The Balaban J connectivity index is 1.50. The van der Waals surface area contributed by atoms with Crippen LogP contribution in [0.3, 0.4) is 0 Å². The molecule has 0 aliphatic heterocycles. The number of halogens is 1. The molecular weight excluding hydrogens is 393 g/mol. The number of nitrogens with zero attached hydrogens (tertiary/aromatic N) is 2. The van der Waals surface area contributed by atoms with Gasteiger partial charge in [0.25, 0.3) is 0 Å². The molecule has 0 saturated heterocycles. The molecule has 4 rings (SSSR count). The second kappa shape index (κ2) is 8.17. The van der Waals surface area contributed by atoms with Crippen molar-refractivity contribution >= 4 is 39.2 Å². The van der Waals surface area contributed by atoms with Crippen LogP contribution in [0, 0.1) is 5.82 Å². The second-order valence-corrected chi connectivity index (χ2v) is 9.52. The van der Waals surface area contributed by atoms with Crippen LogP contribution in [-0.4, -0.2) is 21.1 Å². The van der Waals surface area contributed by atoms with Crippen LogP contribution in [0.1, 0.15) is 48.7 Å². The van der Waals surface area contributed by atoms with E-state index in [4.69, 9.17) is 0 Å². The van der Waals surface area contributed by atoms with Gasteiger partial charge in [-0.1, -0.05) is 23.9 Å². The Kier molecular flexibility index (Phi) is 5.64. The Morgan fingerprint density at radius 2 is 1.93 bits per heavy atom. The molecule has 1 amide bonds. The predicted molar refractivity (Wildman–Crippen MR) is 112 cm³/mol. The molecule has 2 heterocycles. The van der Waals surface area contributed by atoms with Crippen molar-refractivity contribution in [3.05, 3.63) is 52.4 Å². The van der Waals surface area contributed by atoms with Crippen molar-refractivity contribution in [3.63, 3.8) is 0 Å². The molecule has 0 radical (unpaired) electrons. The monoisotopic (exact) mass is 415 g/mol. The smallest absolute Gasteiger partial charge is 0.233 e. The van der Waals surface area contributed by atoms with Crippen molar-refractivity contribution in [1.82, 2.24) is 15.3 Å². The molecule has 0 bridgehead atoms. The van der Waals surface area contributed by atoms with Crippen LogP contribution in [0.5, 0.6) is 0 Å². The highest BCUT2D eigenvalue weighted by atomic mass is 32.2. The number of thioether (sulfide) groups is 1. The number of thiophene rings is 1. The molecule has 2 atom stereocenters. The van der Waals surface area contributed by atoms with E-state index in [9.17, 15) is 9.18 Å². The van der Waals surface area contributed by atoms with Crippen molar-refractivity contribution in [2.45, 2.75) is 55.8 Å². The first-order chi connectivity index (χ1) is 13.5. The Hall–Kier alpha value is -1.99. The van der Waals surface area contributed by atoms with E-state index in [1.807, 2.05) is 13.8 Å². The quantitative estimate of drug-likeness (QED) is 0.467. The molecule has 7 heteroatoms. The van der Waals surface area contributed by atoms with Crippen LogP contribution < -0.4 is 5.32 Å². The Morgan fingerprint density at radius 3 is 2.71 bits per heavy atom. The van der Waals surface area contributed by atoms with Crippen LogP contribution >= 0.6 is 23.1 Å². The Morgan fingerprint density at radius 1 is 1.18 bits per heavy atom. The average molecular weight is 416 g/mol. The number of aromatic nitrogens is 2. The summed E-state index contributed by atoms with van der Waals surface area (Å²) < 4.78 is 13.1. The predicted octanol–water partition coefficient (Wildman–Crippen LogP) is 5.07. The Bertz CT molecular complexity index is 1000. The summed E-state index contributed by atoms with van der Waals surface area (Å²) in [5, 5.41) is 4.75. The van der Waals surface area contributed by atoms with Crippen LogP contribution in [0.25, 0.3) is 10.2 Å². The fourth-order valence-corrected chi connectivity index (χ4v) is 5.79. The van der Waals surface area contributed by atoms with Crippen molar-refractivity contribution in [1.29, 1.82) is 0 Å². The third kappa shape index (κ3) is 3.91. The average Bonchev–Trinajstić information content (AvgIpc) is 3.08. The fraction of sp³-hybridized carbons (Fsp3) is 0.381. The molecule has 28 heavy (non-hydrogen) atoms. The highest BCUT2D eigenvalue weighted by Crippen LogP contribution is 2.40. The van der Waals surface area contributed by atoms with Crippen molar-refractivity contribution in [3.8, 4) is 0 Å². The normalized spacial score (nSPS) is 15.8. The zero-order chi connectivity index (χ0) is 19.7. The molecular formula is C21H22FN3OS2. The highest BCUT2D eigenvalue weighted by molar-refractivity contribution is 8.00. The number of aryl methyl sites for hydroxylation is 2. The summed E-state index contributed by atoms with van der Waals surface area (Å²) in [6.07, 6.45) is 6.21. The zero-order valence-corrected chi connectivity index (χ0v) is 17.5. The van der Waals surface area contributed by atoms with Gasteiger partial charge in [0.1, 0.15) is 22.0 Å². The first-order valence-corrected chi connectivity index (χ1v) is 11.2. The largest absolute Gasteiger partial charge is 0.349 e. The van der Waals surface area contributed by atoms with Crippen LogP contribution in [0.2, 0.25) is 0 Å². The van der Waals surface area contributed by atoms with Gasteiger partial charge in [-0.25, -0.2) is 14.4 Å². The number of hydrogen-bond donors (Lipinski definition) is 1. The van der Waals surface area contributed by atoms with E-state index in [1.165, 1.54) is 47.2 Å². The summed E-state index contributed by atoms with van der Waals surface area (Å²) in [5.74, 6) is -0.337. The highest BCUT2D eigenvalue weighted by Gasteiger charge is 2.23. The lowest BCUT2D eigenvalue weighted by atomic mass is 9.97. The van der Waals surface area contributed by atoms with E-state index in [-0.39, 0.29) is 23.0 Å². The lowest BCUT2D eigenvalue weighted by molar-refractivity contribution is -0.120. The third-order valence-corrected chi connectivity index (χ3v) is 7.40. The number of hydrogen-bond acceptors (Lipinski definition) is 5. The summed E-state index contributed by atoms with van der Waals surface area (Å²) >= 11 is 3.24. The lowest BCUT2D eigenvalue weighted by Gasteiger charge is -2.18. The van der Waals surface area contributed by atoms with Crippen molar-refractivity contribution in [2.24, 2.45) is 0 Å². The van der Waals surface area contributed by atoms with E-state index in [2.05, 4.69) is 15.3 Å². The Labute approximate surface area is 172 Å². The molecule has 3 aromatic rings. The fourth-order valence-electron chi connectivity index (χ4n) is 3.54. The van der Waals surface area contributed by atoms with E-state index in [1.54, 1.807) is 29.8 Å². The molecule has 0 saturated carbocycles. The maximum Gasteiger partial charge on any atom is 0.233 e. The summed E-state index contributed by atoms with van der Waals surface area (Å²) in [7, 11) is 0. The van der Waals surface area contributed by atoms with Gasteiger partial charge in [-0.05, 0) is 62.8 Å². The number of fused-ring (bicyclic) bond motifs is 3. The molecule has 146 valence electrons. The molecule has 1 aromatic carbocycles. The second-order valence-electron chi connectivity index (χ2n) is 7.11. The van der Waals surface area contributed by atoms with Crippen molar-refractivity contribution < 1.29 is 9.18 Å². The first-order valence-electron chi connectivity index (χ1n) is 9.50.